The van der Waals surface area contributed by atoms with Gasteiger partial charge in [-0.2, -0.15) is 0 Å². The van der Waals surface area contributed by atoms with Gasteiger partial charge in [0.05, 0.1) is 0 Å². The summed E-state index contributed by atoms with van der Waals surface area (Å²) >= 11 is 0. The van der Waals surface area contributed by atoms with Crippen molar-refractivity contribution in [2.75, 3.05) is 11.5 Å². The van der Waals surface area contributed by atoms with E-state index in [9.17, 15) is 0 Å². The van der Waals surface area contributed by atoms with Crippen molar-refractivity contribution < 1.29 is 0 Å². The standard InChI is InChI=1S/C13H32Si2.C12H30S4Si2.C2H4.CH4/c1-14(2,3)12-10-8-7-9-11-13-15(4,5)6;1-17(2,3)11-7-9-13-15-16-14-10-8-12-18(4,5)6;1-2;/h7-13H2,1-6H3;7-12H2,1-6H3;1-2H2;1H4. The predicted octanol–water partition coefficient (Wildman–Crippen LogP) is 14.2. The van der Waals surface area contributed by atoms with Crippen LogP contribution in [-0.4, -0.2) is 43.8 Å². The van der Waals surface area contributed by atoms with Crippen LogP contribution in [0.2, 0.25) is 103 Å². The van der Waals surface area contributed by atoms with E-state index in [2.05, 4.69) is 91.7 Å². The molecule has 0 rings (SSSR count). The van der Waals surface area contributed by atoms with E-state index in [1.807, 2.05) is 41.2 Å². The molecule has 0 amide bonds. The van der Waals surface area contributed by atoms with Crippen LogP contribution in [0.3, 0.4) is 0 Å². The highest BCUT2D eigenvalue weighted by Crippen LogP contribution is 2.43. The molecular weight excluding hydrogens is 577 g/mol. The normalized spacial score (nSPS) is 12.1. The molecule has 0 saturated heterocycles. The van der Waals surface area contributed by atoms with E-state index in [0.29, 0.717) is 0 Å². The maximum Gasteiger partial charge on any atom is 0.0442 e. The van der Waals surface area contributed by atoms with E-state index in [4.69, 9.17) is 0 Å². The number of unbranched alkanes of at least 4 members (excludes halogenated alkanes) is 4. The largest absolute Gasteiger partial charge is 0.106 e. The van der Waals surface area contributed by atoms with Crippen LogP contribution in [0.25, 0.3) is 0 Å². The summed E-state index contributed by atoms with van der Waals surface area (Å²) in [6, 6.07) is 6.02. The summed E-state index contributed by atoms with van der Waals surface area (Å²) in [7, 11) is 4.98. The Morgan fingerprint density at radius 1 is 0.389 bits per heavy atom. The Hall–Kier alpha value is 2.01. The summed E-state index contributed by atoms with van der Waals surface area (Å²) < 4.78 is 0. The summed E-state index contributed by atoms with van der Waals surface area (Å²) in [5.41, 5.74) is 0. The minimum Gasteiger partial charge on any atom is -0.106 e. The van der Waals surface area contributed by atoms with Crippen LogP contribution in [0.15, 0.2) is 13.2 Å². The van der Waals surface area contributed by atoms with Crippen molar-refractivity contribution in [3.05, 3.63) is 13.2 Å². The van der Waals surface area contributed by atoms with Crippen molar-refractivity contribution >= 4 is 73.5 Å². The number of hydrogen-bond acceptors (Lipinski definition) is 4. The molecule has 0 atom stereocenters. The fraction of sp³-hybridized carbons (Fsp3) is 0.929. The van der Waals surface area contributed by atoms with Gasteiger partial charge in [0.25, 0.3) is 0 Å². The van der Waals surface area contributed by atoms with Crippen LogP contribution in [0.5, 0.6) is 0 Å². The van der Waals surface area contributed by atoms with E-state index in [0.717, 1.165) is 0 Å². The predicted molar refractivity (Wildman–Crippen MR) is 203 cm³/mol. The van der Waals surface area contributed by atoms with Gasteiger partial charge in [0.1, 0.15) is 0 Å². The van der Waals surface area contributed by atoms with Gasteiger partial charge in [0.2, 0.25) is 0 Å². The SMILES string of the molecule is C.C=C.C[Si](C)(C)CCCCCCC[Si](C)(C)C.C[Si](C)(C)CCCSSSSCCC[Si](C)(C)C. The Labute approximate surface area is 251 Å². The summed E-state index contributed by atoms with van der Waals surface area (Å²) in [5.74, 6) is 2.66. The molecule has 0 spiro atoms. The first-order valence-corrected chi connectivity index (χ1v) is 34.0. The average molecular weight is 647 g/mol. The molecule has 0 saturated carbocycles. The molecular formula is C28H70S4Si4. The molecule has 36 heavy (non-hydrogen) atoms. The van der Waals surface area contributed by atoms with Gasteiger partial charge in [-0.15, -0.1) is 13.2 Å². The van der Waals surface area contributed by atoms with E-state index in [1.165, 1.54) is 80.6 Å². The minimum absolute atomic E-state index is 0. The smallest absolute Gasteiger partial charge is 0.0442 e. The monoisotopic (exact) mass is 646 g/mol. The van der Waals surface area contributed by atoms with E-state index >= 15 is 0 Å². The molecule has 0 fully saturated rings. The first-order valence-electron chi connectivity index (χ1n) is 14.0. The van der Waals surface area contributed by atoms with Gasteiger partial charge in [0.15, 0.2) is 0 Å². The van der Waals surface area contributed by atoms with Gasteiger partial charge >= 0.3 is 0 Å². The molecule has 0 aromatic rings. The molecule has 8 heteroatoms. The highest BCUT2D eigenvalue weighted by molar-refractivity contribution is 9.26. The second kappa shape index (κ2) is 25.9. The summed E-state index contributed by atoms with van der Waals surface area (Å²) in [4.78, 5) is 0. The Morgan fingerprint density at radius 2 is 0.611 bits per heavy atom. The molecule has 0 aliphatic rings. The molecule has 0 aliphatic carbocycles. The van der Waals surface area contributed by atoms with Crippen LogP contribution in [0.1, 0.15) is 52.4 Å². The van der Waals surface area contributed by atoms with Crippen molar-refractivity contribution in [2.45, 2.75) is 155 Å². The topological polar surface area (TPSA) is 0 Å². The lowest BCUT2D eigenvalue weighted by Gasteiger charge is -2.16. The van der Waals surface area contributed by atoms with E-state index in [1.54, 1.807) is 0 Å². The van der Waals surface area contributed by atoms with Gasteiger partial charge in [-0.05, 0) is 32.5 Å². The first-order chi connectivity index (χ1) is 15.9. The molecule has 0 N–H and O–H groups in total. The van der Waals surface area contributed by atoms with Crippen molar-refractivity contribution in [1.82, 2.24) is 0 Å². The Bertz CT molecular complexity index is 410. The maximum absolute atomic E-state index is 3.00. The molecule has 0 bridgehead atoms. The van der Waals surface area contributed by atoms with E-state index in [-0.39, 0.29) is 7.43 Å². The molecule has 0 radical (unpaired) electrons. The van der Waals surface area contributed by atoms with Crippen LogP contribution in [-0.2, 0) is 0 Å². The van der Waals surface area contributed by atoms with Crippen molar-refractivity contribution in [1.29, 1.82) is 0 Å². The fourth-order valence-electron chi connectivity index (χ4n) is 3.27. The van der Waals surface area contributed by atoms with Gasteiger partial charge < -0.3 is 0 Å². The summed E-state index contributed by atoms with van der Waals surface area (Å²) in [6.07, 6.45) is 10.2. The first kappa shape index (κ1) is 45.0. The molecule has 0 nitrogen and oxygen atoms in total. The zero-order valence-electron chi connectivity index (χ0n) is 26.2. The molecule has 0 aromatic heterocycles. The van der Waals surface area contributed by atoms with Crippen LogP contribution >= 0.6 is 41.2 Å². The quantitative estimate of drug-likeness (QED) is 0.0592. The van der Waals surface area contributed by atoms with Gasteiger partial charge in [-0.3, -0.25) is 0 Å². The third kappa shape index (κ3) is 52.4. The molecule has 0 unspecified atom stereocenters. The van der Waals surface area contributed by atoms with Gasteiger partial charge in [0, 0.05) is 43.8 Å². The zero-order chi connectivity index (χ0) is 28.0. The number of rotatable bonds is 19. The Kier molecular flexibility index (Phi) is 32.4. The summed E-state index contributed by atoms with van der Waals surface area (Å²) in [6.45, 7) is 35.7. The lowest BCUT2D eigenvalue weighted by Crippen LogP contribution is -2.19. The lowest BCUT2D eigenvalue weighted by molar-refractivity contribution is 0.650. The highest BCUT2D eigenvalue weighted by atomic mass is 33.7. The fourth-order valence-corrected chi connectivity index (χ4v) is 15.0. The van der Waals surface area contributed by atoms with Crippen molar-refractivity contribution in [2.24, 2.45) is 0 Å². The second-order valence-electron chi connectivity index (χ2n) is 14.5. The third-order valence-electron chi connectivity index (χ3n) is 5.29. The minimum atomic E-state index is -0.792. The van der Waals surface area contributed by atoms with Crippen LogP contribution in [0.4, 0.5) is 0 Å². The highest BCUT2D eigenvalue weighted by Gasteiger charge is 2.14. The lowest BCUT2D eigenvalue weighted by atomic mass is 10.2. The number of hydrogen-bond donors (Lipinski definition) is 0. The van der Waals surface area contributed by atoms with Crippen molar-refractivity contribution in [3.8, 4) is 0 Å². The van der Waals surface area contributed by atoms with Crippen LogP contribution < -0.4 is 0 Å². The molecule has 0 aliphatic heterocycles. The third-order valence-corrected chi connectivity index (χ3v) is 19.3. The molecule has 0 aromatic carbocycles. The average Bonchev–Trinajstić information content (AvgIpc) is 2.67. The summed E-state index contributed by atoms with van der Waals surface area (Å²) in [5, 5.41) is 0. The van der Waals surface area contributed by atoms with E-state index < -0.39 is 32.3 Å². The Balaban J connectivity index is -0.000000262. The molecule has 222 valence electrons. The Morgan fingerprint density at radius 3 is 0.861 bits per heavy atom. The van der Waals surface area contributed by atoms with Crippen molar-refractivity contribution in [3.63, 3.8) is 0 Å². The van der Waals surface area contributed by atoms with Gasteiger partial charge in [-0.25, -0.2) is 0 Å². The zero-order valence-corrected chi connectivity index (χ0v) is 33.5. The van der Waals surface area contributed by atoms with Crippen LogP contribution in [0, 0.1) is 0 Å². The van der Waals surface area contributed by atoms with Gasteiger partial charge in [-0.1, -0.05) is 164 Å². The molecule has 0 heterocycles. The maximum atomic E-state index is 3.00. The second-order valence-corrected chi connectivity index (χ2v) is 43.2.